The van der Waals surface area contributed by atoms with Gasteiger partial charge in [0, 0.05) is 23.1 Å². The van der Waals surface area contributed by atoms with Gasteiger partial charge < -0.3 is 22.1 Å². The van der Waals surface area contributed by atoms with Gasteiger partial charge in [0.2, 0.25) is 11.9 Å². The molecule has 0 saturated heterocycles. The number of halogens is 2. The Kier molecular flexibility index (Phi) is 11.5. The molecule has 2 aromatic rings. The van der Waals surface area contributed by atoms with Crippen LogP contribution in [-0.2, 0) is 0 Å². The Balaban J connectivity index is 1.51. The number of hydrogen-bond donors (Lipinski definition) is 6. The highest BCUT2D eigenvalue weighted by Gasteiger charge is 2.04. The van der Waals surface area contributed by atoms with Crippen LogP contribution in [0.15, 0.2) is 58.5 Å². The fourth-order valence-corrected chi connectivity index (χ4v) is 2.95. The van der Waals surface area contributed by atoms with Crippen molar-refractivity contribution in [3.63, 3.8) is 0 Å². The zero-order valence-corrected chi connectivity index (χ0v) is 20.0. The van der Waals surface area contributed by atoms with E-state index in [0.717, 1.165) is 25.7 Å². The van der Waals surface area contributed by atoms with Gasteiger partial charge in [0.1, 0.15) is 0 Å². The smallest absolute Gasteiger partial charge is 0.321 e. The van der Waals surface area contributed by atoms with Gasteiger partial charge in [-0.3, -0.25) is 10.6 Å². The fourth-order valence-electron chi connectivity index (χ4n) is 2.69. The van der Waals surface area contributed by atoms with E-state index in [4.69, 9.17) is 34.7 Å². The summed E-state index contributed by atoms with van der Waals surface area (Å²) in [5.74, 6) is -0.0222. The van der Waals surface area contributed by atoms with E-state index in [9.17, 15) is 9.59 Å². The molecule has 0 unspecified atom stereocenters. The van der Waals surface area contributed by atoms with Gasteiger partial charge in [0.05, 0.1) is 11.4 Å². The van der Waals surface area contributed by atoms with Gasteiger partial charge in [-0.05, 0) is 61.4 Å². The number of unbranched alkanes of at least 4 members (excludes halogenated alkanes) is 3. The summed E-state index contributed by atoms with van der Waals surface area (Å²) >= 11 is 11.6. The first kappa shape index (κ1) is 26.7. The van der Waals surface area contributed by atoms with Crippen molar-refractivity contribution in [2.24, 2.45) is 21.5 Å². The minimum absolute atomic E-state index is 0.0111. The molecule has 0 aliphatic rings. The van der Waals surface area contributed by atoms with E-state index in [-0.39, 0.29) is 11.9 Å². The van der Waals surface area contributed by atoms with Gasteiger partial charge in [-0.2, -0.15) is 0 Å². The molecule has 34 heavy (non-hydrogen) atoms. The topological polar surface area (TPSA) is 159 Å². The molecule has 12 heteroatoms. The number of hydrogen-bond acceptors (Lipinski definition) is 4. The molecular formula is C22H28Cl2N8O2. The Morgan fingerprint density at radius 1 is 0.647 bits per heavy atom. The normalized spacial score (nSPS) is 11.6. The molecule has 0 saturated carbocycles. The molecule has 8 N–H and O–H groups in total. The standard InChI is InChI=1S/C22H28Cl2N8O2/c23-15-5-9-17(10-6-15)29-19(25)31-21(33)27-13-3-1-2-4-14-28-22(34)32-20(26)30-18-11-7-16(24)8-12-18/h5-12H,1-4,13-14H2,(H4,25,27,29,31,33)(H4,26,28,30,32,34). The van der Waals surface area contributed by atoms with Crippen LogP contribution in [0.3, 0.4) is 0 Å². The number of rotatable bonds is 9. The Hall–Kier alpha value is -3.50. The maximum atomic E-state index is 11.8. The first-order valence-electron chi connectivity index (χ1n) is 10.6. The van der Waals surface area contributed by atoms with Crippen molar-refractivity contribution in [2.75, 3.05) is 13.1 Å². The average Bonchev–Trinajstić information content (AvgIpc) is 2.78. The molecule has 0 aliphatic carbocycles. The van der Waals surface area contributed by atoms with Crippen LogP contribution in [0.5, 0.6) is 0 Å². The van der Waals surface area contributed by atoms with Crippen molar-refractivity contribution in [1.29, 1.82) is 0 Å². The highest BCUT2D eigenvalue weighted by Crippen LogP contribution is 2.16. The van der Waals surface area contributed by atoms with Gasteiger partial charge in [0.15, 0.2) is 0 Å². The van der Waals surface area contributed by atoms with Gasteiger partial charge in [0.25, 0.3) is 0 Å². The molecular weight excluding hydrogens is 479 g/mol. The highest BCUT2D eigenvalue weighted by molar-refractivity contribution is 6.30. The second-order valence-electron chi connectivity index (χ2n) is 7.12. The van der Waals surface area contributed by atoms with Crippen LogP contribution in [0, 0.1) is 0 Å². The van der Waals surface area contributed by atoms with Gasteiger partial charge in [-0.1, -0.05) is 36.0 Å². The summed E-state index contributed by atoms with van der Waals surface area (Å²) in [4.78, 5) is 31.8. The Labute approximate surface area is 208 Å². The molecule has 0 aromatic heterocycles. The van der Waals surface area contributed by atoms with E-state index >= 15 is 0 Å². The Morgan fingerprint density at radius 2 is 1.00 bits per heavy atom. The summed E-state index contributed by atoms with van der Waals surface area (Å²) in [5, 5.41) is 11.5. The van der Waals surface area contributed by atoms with Gasteiger partial charge in [-0.25, -0.2) is 19.6 Å². The van der Waals surface area contributed by atoms with Gasteiger partial charge >= 0.3 is 12.1 Å². The van der Waals surface area contributed by atoms with E-state index in [1.165, 1.54) is 0 Å². The number of nitrogens with zero attached hydrogens (tertiary/aromatic N) is 2. The van der Waals surface area contributed by atoms with E-state index < -0.39 is 12.1 Å². The number of aliphatic imine (C=N–C) groups is 2. The number of urea groups is 2. The number of nitrogens with two attached hydrogens (primary N) is 2. The second kappa shape index (κ2) is 14.6. The quantitative estimate of drug-likeness (QED) is 0.173. The molecule has 0 fully saturated rings. The van der Waals surface area contributed by atoms with E-state index in [1.54, 1.807) is 48.5 Å². The molecule has 4 amide bonds. The Bertz CT molecular complexity index is 913. The number of nitrogens with one attached hydrogen (secondary N) is 4. The van der Waals surface area contributed by atoms with Crippen LogP contribution >= 0.6 is 23.2 Å². The SMILES string of the molecule is NC(=Nc1ccc(Cl)cc1)NC(=O)NCCCCCCNC(=O)NC(N)=Nc1ccc(Cl)cc1. The molecule has 2 aromatic carbocycles. The van der Waals surface area contributed by atoms with Crippen LogP contribution in [0.4, 0.5) is 21.0 Å². The monoisotopic (exact) mass is 506 g/mol. The second-order valence-corrected chi connectivity index (χ2v) is 8.00. The lowest BCUT2D eigenvalue weighted by molar-refractivity contribution is 0.243. The predicted molar refractivity (Wildman–Crippen MR) is 137 cm³/mol. The summed E-state index contributed by atoms with van der Waals surface area (Å²) in [6.45, 7) is 0.983. The number of carbonyl (C=O) groups excluding carboxylic acids is 2. The lowest BCUT2D eigenvalue weighted by Gasteiger charge is -2.08. The molecule has 182 valence electrons. The highest BCUT2D eigenvalue weighted by atomic mass is 35.5. The fraction of sp³-hybridized carbons (Fsp3) is 0.273. The molecule has 0 atom stereocenters. The van der Waals surface area contributed by atoms with Crippen molar-refractivity contribution >= 4 is 58.6 Å². The lowest BCUT2D eigenvalue weighted by Crippen LogP contribution is -2.43. The van der Waals surface area contributed by atoms with E-state index in [1.807, 2.05) is 0 Å². The average molecular weight is 507 g/mol. The Morgan fingerprint density at radius 3 is 1.35 bits per heavy atom. The third-order valence-corrected chi connectivity index (χ3v) is 4.81. The minimum Gasteiger partial charge on any atom is -0.369 e. The minimum atomic E-state index is -0.425. The zero-order chi connectivity index (χ0) is 24.8. The van der Waals surface area contributed by atoms with Crippen molar-refractivity contribution in [3.05, 3.63) is 58.6 Å². The van der Waals surface area contributed by atoms with Crippen LogP contribution < -0.4 is 32.7 Å². The van der Waals surface area contributed by atoms with E-state index in [2.05, 4.69) is 31.3 Å². The summed E-state index contributed by atoms with van der Waals surface area (Å²) in [6.07, 6.45) is 3.35. The maximum absolute atomic E-state index is 11.8. The van der Waals surface area contributed by atoms with Crippen molar-refractivity contribution in [3.8, 4) is 0 Å². The van der Waals surface area contributed by atoms with Crippen LogP contribution in [0.2, 0.25) is 10.0 Å². The molecule has 0 bridgehead atoms. The van der Waals surface area contributed by atoms with Crippen LogP contribution in [0.25, 0.3) is 0 Å². The zero-order valence-electron chi connectivity index (χ0n) is 18.5. The van der Waals surface area contributed by atoms with Crippen molar-refractivity contribution in [1.82, 2.24) is 21.3 Å². The summed E-state index contributed by atoms with van der Waals surface area (Å²) in [6, 6.07) is 12.6. The van der Waals surface area contributed by atoms with Crippen molar-refractivity contribution < 1.29 is 9.59 Å². The molecule has 10 nitrogen and oxygen atoms in total. The van der Waals surface area contributed by atoms with Gasteiger partial charge in [-0.15, -0.1) is 0 Å². The largest absolute Gasteiger partial charge is 0.369 e. The number of amides is 4. The summed E-state index contributed by atoms with van der Waals surface area (Å²) < 4.78 is 0. The first-order chi connectivity index (χ1) is 16.3. The number of carbonyl (C=O) groups is 2. The third kappa shape index (κ3) is 11.4. The van der Waals surface area contributed by atoms with Crippen LogP contribution in [0.1, 0.15) is 25.7 Å². The van der Waals surface area contributed by atoms with Crippen LogP contribution in [-0.4, -0.2) is 37.1 Å². The number of guanidine groups is 2. The molecule has 0 radical (unpaired) electrons. The molecule has 0 spiro atoms. The molecule has 0 heterocycles. The third-order valence-electron chi connectivity index (χ3n) is 4.31. The first-order valence-corrected chi connectivity index (χ1v) is 11.4. The molecule has 0 aliphatic heterocycles. The van der Waals surface area contributed by atoms with E-state index in [0.29, 0.717) is 34.5 Å². The lowest BCUT2D eigenvalue weighted by atomic mass is 10.2. The maximum Gasteiger partial charge on any atom is 0.321 e. The summed E-state index contributed by atoms with van der Waals surface area (Å²) in [7, 11) is 0. The number of benzene rings is 2. The predicted octanol–water partition coefficient (Wildman–Crippen LogP) is 3.74. The van der Waals surface area contributed by atoms with Crippen molar-refractivity contribution in [2.45, 2.75) is 25.7 Å². The molecule has 2 rings (SSSR count). The summed E-state index contributed by atoms with van der Waals surface area (Å²) in [5.41, 5.74) is 12.6.